The van der Waals surface area contributed by atoms with Crippen LogP contribution in [0, 0.1) is 0 Å². The average Bonchev–Trinajstić information content (AvgIpc) is 2.26. The van der Waals surface area contributed by atoms with Gasteiger partial charge < -0.3 is 5.73 Å². The van der Waals surface area contributed by atoms with Gasteiger partial charge in [0.15, 0.2) is 9.84 Å². The highest BCUT2D eigenvalue weighted by atomic mass is 35.5. The summed E-state index contributed by atoms with van der Waals surface area (Å²) in [5.41, 5.74) is 7.05. The van der Waals surface area contributed by atoms with Gasteiger partial charge in [0.05, 0.1) is 17.2 Å². The molecule has 0 aliphatic carbocycles. The van der Waals surface area contributed by atoms with Crippen molar-refractivity contribution in [3.8, 4) is 0 Å². The van der Waals surface area contributed by atoms with Crippen LogP contribution in [0.3, 0.4) is 0 Å². The molecule has 0 amide bonds. The Hall–Kier alpha value is -0.880. The molecule has 5 nitrogen and oxygen atoms in total. The predicted molar refractivity (Wildman–Crippen MR) is 57.5 cm³/mol. The number of aromatic nitrogens is 2. The molecular formula is C8H10ClN3O2S. The molecule has 2 rings (SSSR count). The fourth-order valence-corrected chi connectivity index (χ4v) is 3.03. The molecule has 15 heavy (non-hydrogen) atoms. The van der Waals surface area contributed by atoms with Crippen molar-refractivity contribution in [2.75, 3.05) is 17.2 Å². The molecule has 0 unspecified atom stereocenters. The number of nitrogens with zero attached hydrogens (tertiary/aromatic N) is 2. The molecule has 2 N–H and O–H groups in total. The van der Waals surface area contributed by atoms with E-state index < -0.39 is 9.84 Å². The van der Waals surface area contributed by atoms with Crippen molar-refractivity contribution >= 4 is 27.3 Å². The van der Waals surface area contributed by atoms with E-state index >= 15 is 0 Å². The quantitative estimate of drug-likeness (QED) is 0.663. The third kappa shape index (κ3) is 2.21. The monoisotopic (exact) mass is 247 g/mol. The molecule has 1 aliphatic heterocycles. The molecule has 1 aromatic rings. The van der Waals surface area contributed by atoms with Crippen LogP contribution in [-0.2, 0) is 22.7 Å². The normalized spacial score (nSPS) is 19.3. The summed E-state index contributed by atoms with van der Waals surface area (Å²) in [4.78, 5) is 7.82. The van der Waals surface area contributed by atoms with E-state index in [1.54, 1.807) is 0 Å². The first kappa shape index (κ1) is 10.6. The smallest absolute Gasteiger partial charge is 0.224 e. The highest BCUT2D eigenvalue weighted by Gasteiger charge is 2.21. The third-order valence-corrected chi connectivity index (χ3v) is 4.23. The second-order valence-corrected chi connectivity index (χ2v) is 6.10. The Kier molecular flexibility index (Phi) is 2.56. The number of hydrogen-bond donors (Lipinski definition) is 1. The third-order valence-electron chi connectivity index (χ3n) is 2.41. The van der Waals surface area contributed by atoms with Crippen LogP contribution in [0.4, 0.5) is 5.82 Å². The summed E-state index contributed by atoms with van der Waals surface area (Å²) < 4.78 is 22.8. The second kappa shape index (κ2) is 3.61. The summed E-state index contributed by atoms with van der Waals surface area (Å²) in [7, 11) is -2.98. The number of sulfone groups is 1. The van der Waals surface area contributed by atoms with Gasteiger partial charge >= 0.3 is 0 Å². The van der Waals surface area contributed by atoms with Crippen LogP contribution in [0.1, 0.15) is 11.3 Å². The summed E-state index contributed by atoms with van der Waals surface area (Å²) in [5, 5.41) is 0.0746. The van der Waals surface area contributed by atoms with Gasteiger partial charge in [0.25, 0.3) is 0 Å². The van der Waals surface area contributed by atoms with E-state index in [0.717, 1.165) is 5.56 Å². The van der Waals surface area contributed by atoms with Gasteiger partial charge in [-0.3, -0.25) is 0 Å². The molecule has 0 bridgehead atoms. The zero-order valence-electron chi connectivity index (χ0n) is 7.90. The minimum atomic E-state index is -2.98. The first-order valence-electron chi connectivity index (χ1n) is 4.49. The molecule has 0 radical (unpaired) electrons. The number of rotatable bonds is 0. The maximum Gasteiger partial charge on any atom is 0.224 e. The van der Waals surface area contributed by atoms with Crippen LogP contribution < -0.4 is 5.73 Å². The standard InChI is InChI=1S/C8H10ClN3O2S/c9-8-11-6-2-4-15(13,14)3-1-5(6)7(10)12-8/h1-4H2,(H2,10,11,12). The number of nitrogen functional groups attached to an aromatic ring is 1. The lowest BCUT2D eigenvalue weighted by Gasteiger charge is -2.06. The molecule has 0 saturated heterocycles. The lowest BCUT2D eigenvalue weighted by Crippen LogP contribution is -2.10. The van der Waals surface area contributed by atoms with Crippen LogP contribution >= 0.6 is 11.6 Å². The summed E-state index contributed by atoms with van der Waals surface area (Å²) in [6.07, 6.45) is 0.741. The Morgan fingerprint density at radius 3 is 2.60 bits per heavy atom. The van der Waals surface area contributed by atoms with Gasteiger partial charge in [0.1, 0.15) is 5.82 Å². The average molecular weight is 248 g/mol. The molecule has 7 heteroatoms. The van der Waals surface area contributed by atoms with Crippen molar-refractivity contribution < 1.29 is 8.42 Å². The van der Waals surface area contributed by atoms with E-state index in [1.165, 1.54) is 0 Å². The molecule has 0 saturated carbocycles. The van der Waals surface area contributed by atoms with Crippen molar-refractivity contribution in [2.24, 2.45) is 0 Å². The summed E-state index contributed by atoms with van der Waals surface area (Å²) >= 11 is 5.65. The van der Waals surface area contributed by atoms with Crippen molar-refractivity contribution in [3.63, 3.8) is 0 Å². The molecule has 1 aromatic heterocycles. The zero-order chi connectivity index (χ0) is 11.1. The Labute approximate surface area is 92.6 Å². The topological polar surface area (TPSA) is 85.9 Å². The van der Waals surface area contributed by atoms with E-state index in [0.29, 0.717) is 24.4 Å². The van der Waals surface area contributed by atoms with Crippen LogP contribution in [0.25, 0.3) is 0 Å². The van der Waals surface area contributed by atoms with Gasteiger partial charge in [-0.25, -0.2) is 18.4 Å². The number of nitrogens with two attached hydrogens (primary N) is 1. The first-order chi connectivity index (χ1) is 6.98. The van der Waals surface area contributed by atoms with E-state index in [2.05, 4.69) is 9.97 Å². The summed E-state index contributed by atoms with van der Waals surface area (Å²) in [6.45, 7) is 0. The molecule has 2 heterocycles. The van der Waals surface area contributed by atoms with Gasteiger partial charge in [-0.2, -0.15) is 0 Å². The molecule has 0 atom stereocenters. The Bertz CT molecular complexity index is 501. The number of anilines is 1. The van der Waals surface area contributed by atoms with Crippen LogP contribution in [0.5, 0.6) is 0 Å². The summed E-state index contributed by atoms with van der Waals surface area (Å²) in [5.74, 6) is 0.504. The highest BCUT2D eigenvalue weighted by Crippen LogP contribution is 2.21. The fraction of sp³-hybridized carbons (Fsp3) is 0.500. The fourth-order valence-electron chi connectivity index (χ4n) is 1.61. The van der Waals surface area contributed by atoms with Crippen LogP contribution in [0.15, 0.2) is 0 Å². The zero-order valence-corrected chi connectivity index (χ0v) is 9.48. The number of aryl methyl sites for hydroxylation is 1. The van der Waals surface area contributed by atoms with E-state index in [-0.39, 0.29) is 16.8 Å². The van der Waals surface area contributed by atoms with Gasteiger partial charge in [0.2, 0.25) is 5.28 Å². The minimum absolute atomic E-state index is 0.0746. The first-order valence-corrected chi connectivity index (χ1v) is 6.69. The maximum absolute atomic E-state index is 11.4. The second-order valence-electron chi connectivity index (χ2n) is 3.45. The number of hydrogen-bond acceptors (Lipinski definition) is 5. The maximum atomic E-state index is 11.4. The van der Waals surface area contributed by atoms with Gasteiger partial charge in [-0.1, -0.05) is 0 Å². The Morgan fingerprint density at radius 2 is 1.87 bits per heavy atom. The van der Waals surface area contributed by atoms with Gasteiger partial charge in [-0.05, 0) is 18.0 Å². The van der Waals surface area contributed by atoms with Gasteiger partial charge in [-0.15, -0.1) is 0 Å². The number of halogens is 1. The van der Waals surface area contributed by atoms with Crippen molar-refractivity contribution in [1.82, 2.24) is 9.97 Å². The molecule has 1 aliphatic rings. The van der Waals surface area contributed by atoms with Crippen molar-refractivity contribution in [3.05, 3.63) is 16.5 Å². The Morgan fingerprint density at radius 1 is 1.20 bits per heavy atom. The highest BCUT2D eigenvalue weighted by molar-refractivity contribution is 7.91. The molecule has 0 fully saturated rings. The number of fused-ring (bicyclic) bond motifs is 1. The van der Waals surface area contributed by atoms with E-state index in [4.69, 9.17) is 17.3 Å². The van der Waals surface area contributed by atoms with Crippen LogP contribution in [-0.4, -0.2) is 29.9 Å². The van der Waals surface area contributed by atoms with E-state index in [9.17, 15) is 8.42 Å². The minimum Gasteiger partial charge on any atom is -0.383 e. The van der Waals surface area contributed by atoms with Crippen molar-refractivity contribution in [1.29, 1.82) is 0 Å². The lowest BCUT2D eigenvalue weighted by atomic mass is 10.1. The molecular weight excluding hydrogens is 238 g/mol. The molecule has 0 spiro atoms. The predicted octanol–water partition coefficient (Wildman–Crippen LogP) is 0.226. The Balaban J connectivity index is 2.48. The largest absolute Gasteiger partial charge is 0.383 e. The lowest BCUT2D eigenvalue weighted by molar-refractivity contribution is 0.596. The SMILES string of the molecule is Nc1nc(Cl)nc2c1CCS(=O)(=O)CC2. The summed E-state index contributed by atoms with van der Waals surface area (Å²) in [6, 6.07) is 0. The van der Waals surface area contributed by atoms with Crippen LogP contribution in [0.2, 0.25) is 5.28 Å². The molecule has 82 valence electrons. The van der Waals surface area contributed by atoms with E-state index in [1.807, 2.05) is 0 Å². The van der Waals surface area contributed by atoms with Gasteiger partial charge in [0, 0.05) is 12.0 Å². The molecule has 0 aromatic carbocycles. The van der Waals surface area contributed by atoms with Crippen molar-refractivity contribution in [2.45, 2.75) is 12.8 Å².